The van der Waals surface area contributed by atoms with E-state index in [9.17, 15) is 9.18 Å². The number of aromatic nitrogens is 2. The molecule has 0 atom stereocenters. The number of nitrogens with one attached hydrogen (secondary N) is 1. The van der Waals surface area contributed by atoms with Crippen molar-refractivity contribution in [3.8, 4) is 0 Å². The SMILES string of the molecule is O=C(NC1CCN(c2cc3c(nn2)CCCC3)CC1)C1(c2ccc(F)cc2)CC1. The molecule has 1 saturated carbocycles. The molecule has 0 spiro atoms. The van der Waals surface area contributed by atoms with E-state index in [4.69, 9.17) is 0 Å². The van der Waals surface area contributed by atoms with Crippen LogP contribution >= 0.6 is 0 Å². The number of halogens is 1. The van der Waals surface area contributed by atoms with Crippen LogP contribution in [-0.4, -0.2) is 35.2 Å². The molecule has 1 saturated heterocycles. The monoisotopic (exact) mass is 394 g/mol. The molecular weight excluding hydrogens is 367 g/mol. The number of carbonyl (C=O) groups excluding carboxylic acids is 1. The summed E-state index contributed by atoms with van der Waals surface area (Å²) in [6, 6.07) is 8.79. The van der Waals surface area contributed by atoms with Crippen LogP contribution in [0, 0.1) is 5.82 Å². The normalized spacial score (nSPS) is 20.8. The Kier molecular flexibility index (Phi) is 4.72. The van der Waals surface area contributed by atoms with Crippen LogP contribution < -0.4 is 10.2 Å². The second-order valence-corrected chi connectivity index (χ2v) is 8.71. The van der Waals surface area contributed by atoms with Gasteiger partial charge in [0.15, 0.2) is 5.82 Å². The summed E-state index contributed by atoms with van der Waals surface area (Å²) in [6.07, 6.45) is 8.10. The van der Waals surface area contributed by atoms with Crippen LogP contribution in [0.25, 0.3) is 0 Å². The van der Waals surface area contributed by atoms with Crippen molar-refractivity contribution in [3.63, 3.8) is 0 Å². The van der Waals surface area contributed by atoms with E-state index in [1.807, 2.05) is 0 Å². The van der Waals surface area contributed by atoms with Crippen molar-refractivity contribution in [1.29, 1.82) is 0 Å². The number of amides is 1. The largest absolute Gasteiger partial charge is 0.355 e. The Morgan fingerprint density at radius 1 is 1.07 bits per heavy atom. The molecular formula is C23H27FN4O. The summed E-state index contributed by atoms with van der Waals surface area (Å²) in [6.45, 7) is 1.75. The van der Waals surface area contributed by atoms with E-state index >= 15 is 0 Å². The summed E-state index contributed by atoms with van der Waals surface area (Å²) in [5.41, 5.74) is 3.00. The number of anilines is 1. The lowest BCUT2D eigenvalue weighted by atomic mass is 9.93. The highest BCUT2D eigenvalue weighted by Crippen LogP contribution is 2.48. The number of hydrogen-bond acceptors (Lipinski definition) is 4. The van der Waals surface area contributed by atoms with Gasteiger partial charge in [0.2, 0.25) is 5.91 Å². The van der Waals surface area contributed by atoms with Gasteiger partial charge in [-0.05, 0) is 80.7 Å². The lowest BCUT2D eigenvalue weighted by Gasteiger charge is -2.34. The number of rotatable bonds is 4. The Morgan fingerprint density at radius 2 is 1.79 bits per heavy atom. The molecule has 3 aliphatic rings. The van der Waals surface area contributed by atoms with Gasteiger partial charge in [-0.25, -0.2) is 4.39 Å². The Morgan fingerprint density at radius 3 is 2.52 bits per heavy atom. The maximum Gasteiger partial charge on any atom is 0.230 e. The molecule has 0 radical (unpaired) electrons. The predicted octanol–water partition coefficient (Wildman–Crippen LogP) is 3.31. The number of nitrogens with zero attached hydrogens (tertiary/aromatic N) is 3. The molecule has 1 amide bonds. The second kappa shape index (κ2) is 7.39. The number of piperidine rings is 1. The minimum atomic E-state index is -0.450. The highest BCUT2D eigenvalue weighted by atomic mass is 19.1. The first-order valence-corrected chi connectivity index (χ1v) is 10.8. The lowest BCUT2D eigenvalue weighted by Crippen LogP contribution is -2.48. The van der Waals surface area contributed by atoms with Crippen molar-refractivity contribution >= 4 is 11.7 Å². The van der Waals surface area contributed by atoms with Crippen molar-refractivity contribution in [2.24, 2.45) is 0 Å². The number of carbonyl (C=O) groups is 1. The van der Waals surface area contributed by atoms with Gasteiger partial charge in [0, 0.05) is 19.1 Å². The number of hydrogen-bond donors (Lipinski definition) is 1. The highest BCUT2D eigenvalue weighted by Gasteiger charge is 2.51. The van der Waals surface area contributed by atoms with Crippen LogP contribution in [0.5, 0.6) is 0 Å². The summed E-state index contributed by atoms with van der Waals surface area (Å²) in [4.78, 5) is 15.2. The highest BCUT2D eigenvalue weighted by molar-refractivity contribution is 5.91. The van der Waals surface area contributed by atoms with Crippen LogP contribution in [0.2, 0.25) is 0 Å². The molecule has 6 heteroatoms. The molecule has 29 heavy (non-hydrogen) atoms. The Balaban J connectivity index is 1.19. The molecule has 1 N–H and O–H groups in total. The summed E-state index contributed by atoms with van der Waals surface area (Å²) in [5, 5.41) is 12.2. The minimum Gasteiger partial charge on any atom is -0.355 e. The minimum absolute atomic E-state index is 0.0936. The van der Waals surface area contributed by atoms with Crippen molar-refractivity contribution in [2.45, 2.75) is 62.8 Å². The van der Waals surface area contributed by atoms with Crippen molar-refractivity contribution in [2.75, 3.05) is 18.0 Å². The fraction of sp³-hybridized carbons (Fsp3) is 0.522. The van der Waals surface area contributed by atoms with E-state index < -0.39 is 5.41 Å². The van der Waals surface area contributed by atoms with Gasteiger partial charge >= 0.3 is 0 Å². The van der Waals surface area contributed by atoms with Gasteiger partial charge in [-0.2, -0.15) is 5.10 Å². The van der Waals surface area contributed by atoms with Gasteiger partial charge in [-0.1, -0.05) is 12.1 Å². The van der Waals surface area contributed by atoms with Gasteiger partial charge in [0.1, 0.15) is 5.82 Å². The van der Waals surface area contributed by atoms with E-state index in [1.54, 1.807) is 12.1 Å². The fourth-order valence-corrected chi connectivity index (χ4v) is 4.75. The summed E-state index contributed by atoms with van der Waals surface area (Å²) in [7, 11) is 0. The first-order chi connectivity index (χ1) is 14.1. The predicted molar refractivity (Wildman–Crippen MR) is 109 cm³/mol. The van der Waals surface area contributed by atoms with E-state index in [1.165, 1.54) is 30.5 Å². The smallest absolute Gasteiger partial charge is 0.230 e. The van der Waals surface area contributed by atoms with Crippen LogP contribution in [-0.2, 0) is 23.1 Å². The molecule has 2 fully saturated rings. The average Bonchev–Trinajstić information content (AvgIpc) is 3.57. The molecule has 2 aliphatic carbocycles. The topological polar surface area (TPSA) is 58.1 Å². The molecule has 5 nitrogen and oxygen atoms in total. The van der Waals surface area contributed by atoms with Crippen LogP contribution in [0.3, 0.4) is 0 Å². The number of aryl methyl sites for hydroxylation is 2. The van der Waals surface area contributed by atoms with E-state index in [0.29, 0.717) is 0 Å². The summed E-state index contributed by atoms with van der Waals surface area (Å²) in [5.74, 6) is 0.805. The van der Waals surface area contributed by atoms with Gasteiger partial charge in [0.05, 0.1) is 11.1 Å². The summed E-state index contributed by atoms with van der Waals surface area (Å²) >= 11 is 0. The quantitative estimate of drug-likeness (QED) is 0.864. The molecule has 1 aromatic carbocycles. The lowest BCUT2D eigenvalue weighted by molar-refractivity contribution is -0.124. The molecule has 2 aromatic rings. The fourth-order valence-electron chi connectivity index (χ4n) is 4.75. The van der Waals surface area contributed by atoms with Crippen molar-refractivity contribution < 1.29 is 9.18 Å². The molecule has 0 unspecified atom stereocenters. The van der Waals surface area contributed by atoms with Crippen LogP contribution in [0.4, 0.5) is 10.2 Å². The third-order valence-electron chi connectivity index (χ3n) is 6.79. The zero-order valence-electron chi connectivity index (χ0n) is 16.7. The molecule has 0 bridgehead atoms. The first kappa shape index (κ1) is 18.5. The zero-order valence-corrected chi connectivity index (χ0v) is 16.7. The Labute approximate surface area is 170 Å². The van der Waals surface area contributed by atoms with Crippen LogP contribution in [0.1, 0.15) is 55.3 Å². The third-order valence-corrected chi connectivity index (χ3v) is 6.79. The van der Waals surface area contributed by atoms with Gasteiger partial charge < -0.3 is 10.2 Å². The maximum absolute atomic E-state index is 13.2. The van der Waals surface area contributed by atoms with Gasteiger partial charge in [0.25, 0.3) is 0 Å². The zero-order chi connectivity index (χ0) is 19.8. The number of benzene rings is 1. The molecule has 5 rings (SSSR count). The average molecular weight is 394 g/mol. The van der Waals surface area contributed by atoms with Gasteiger partial charge in [-0.15, -0.1) is 5.10 Å². The number of fused-ring (bicyclic) bond motifs is 1. The van der Waals surface area contributed by atoms with E-state index in [2.05, 4.69) is 26.5 Å². The Bertz CT molecular complexity index is 902. The van der Waals surface area contributed by atoms with Crippen molar-refractivity contribution in [1.82, 2.24) is 15.5 Å². The second-order valence-electron chi connectivity index (χ2n) is 8.71. The van der Waals surface area contributed by atoms with E-state index in [0.717, 1.165) is 68.7 Å². The van der Waals surface area contributed by atoms with E-state index in [-0.39, 0.29) is 17.8 Å². The first-order valence-electron chi connectivity index (χ1n) is 10.8. The van der Waals surface area contributed by atoms with Crippen LogP contribution in [0.15, 0.2) is 30.3 Å². The molecule has 152 valence electrons. The third kappa shape index (κ3) is 3.61. The van der Waals surface area contributed by atoms with Gasteiger partial charge in [-0.3, -0.25) is 4.79 Å². The standard InChI is InChI=1S/C23H27FN4O/c24-18-7-5-17(6-8-18)23(11-12-23)22(29)25-19-9-13-28(14-10-19)21-15-16-3-1-2-4-20(16)26-27-21/h5-8,15,19H,1-4,9-14H2,(H,25,29). The molecule has 1 aromatic heterocycles. The molecule has 2 heterocycles. The molecule has 1 aliphatic heterocycles. The van der Waals surface area contributed by atoms with Crippen molar-refractivity contribution in [3.05, 3.63) is 53.0 Å². The maximum atomic E-state index is 13.2. The Hall–Kier alpha value is -2.50. The summed E-state index contributed by atoms with van der Waals surface area (Å²) < 4.78 is 13.2.